The molecule has 2 aromatic rings. The van der Waals surface area contributed by atoms with Gasteiger partial charge < -0.3 is 19.5 Å². The number of hydrogen-bond acceptors (Lipinski definition) is 9. The molecule has 0 spiro atoms. The summed E-state index contributed by atoms with van der Waals surface area (Å²) in [4.78, 5) is 36.7. The van der Waals surface area contributed by atoms with Gasteiger partial charge in [0.2, 0.25) is 10.0 Å². The molecule has 0 aromatic heterocycles. The van der Waals surface area contributed by atoms with E-state index in [0.717, 1.165) is 0 Å². The van der Waals surface area contributed by atoms with Crippen LogP contribution in [0.2, 0.25) is 0 Å². The number of benzene rings is 2. The zero-order chi connectivity index (χ0) is 28.0. The first kappa shape index (κ1) is 29.0. The van der Waals surface area contributed by atoms with Crippen LogP contribution in [0.15, 0.2) is 41.3 Å². The number of sulfonamides is 1. The van der Waals surface area contributed by atoms with Crippen molar-refractivity contribution >= 4 is 27.6 Å². The first-order valence-electron chi connectivity index (χ1n) is 12.1. The predicted molar refractivity (Wildman–Crippen MR) is 136 cm³/mol. The van der Waals surface area contributed by atoms with Crippen LogP contribution in [0, 0.1) is 16.0 Å². The molecular weight excluding hydrogens is 518 g/mol. The third-order valence-corrected chi connectivity index (χ3v) is 8.04. The van der Waals surface area contributed by atoms with E-state index in [1.54, 1.807) is 27.7 Å². The topological polar surface area (TPSA) is 154 Å². The van der Waals surface area contributed by atoms with Gasteiger partial charge in [-0.3, -0.25) is 14.9 Å². The zero-order valence-electron chi connectivity index (χ0n) is 21.6. The lowest BCUT2D eigenvalue weighted by atomic mass is 10.0. The van der Waals surface area contributed by atoms with Gasteiger partial charge in [-0.05, 0) is 24.1 Å². The number of fused-ring (bicyclic) bond motifs is 1. The van der Waals surface area contributed by atoms with Crippen molar-refractivity contribution in [3.8, 4) is 5.75 Å². The smallest absolute Gasteiger partial charge is 0.329 e. The normalized spacial score (nSPS) is 13.9. The Morgan fingerprint density at radius 1 is 1.18 bits per heavy atom. The maximum absolute atomic E-state index is 13.0. The molecule has 1 amide bonds. The maximum atomic E-state index is 13.0. The number of esters is 1. The Hall–Kier alpha value is -3.55. The van der Waals surface area contributed by atoms with E-state index in [1.807, 2.05) is 0 Å². The van der Waals surface area contributed by atoms with E-state index in [-0.39, 0.29) is 55.2 Å². The first-order valence-corrected chi connectivity index (χ1v) is 13.5. The third kappa shape index (κ3) is 6.47. The van der Waals surface area contributed by atoms with Crippen molar-refractivity contribution in [1.82, 2.24) is 9.62 Å². The number of non-ortho nitro benzene ring substituents is 1. The molecule has 0 unspecified atom stereocenters. The molecule has 0 saturated carbocycles. The average Bonchev–Trinajstić information content (AvgIpc) is 2.90. The number of ether oxygens (including phenoxy) is 3. The minimum atomic E-state index is -3.78. The van der Waals surface area contributed by atoms with Gasteiger partial charge >= 0.3 is 5.97 Å². The fraction of sp³-hybridized carbons (Fsp3) is 0.440. The third-order valence-electron chi connectivity index (χ3n) is 6.00. The van der Waals surface area contributed by atoms with Gasteiger partial charge in [0.25, 0.3) is 11.6 Å². The predicted octanol–water partition coefficient (Wildman–Crippen LogP) is 2.99. The lowest BCUT2D eigenvalue weighted by Gasteiger charge is -2.23. The van der Waals surface area contributed by atoms with Crippen LogP contribution in [0.4, 0.5) is 5.69 Å². The molecule has 0 bridgehead atoms. The maximum Gasteiger partial charge on any atom is 0.329 e. The first-order chi connectivity index (χ1) is 18.0. The summed E-state index contributed by atoms with van der Waals surface area (Å²) < 4.78 is 43.1. The van der Waals surface area contributed by atoms with E-state index in [1.165, 1.54) is 40.7 Å². The summed E-state index contributed by atoms with van der Waals surface area (Å²) in [5, 5.41) is 13.9. The van der Waals surface area contributed by atoms with Crippen LogP contribution in [0.3, 0.4) is 0 Å². The number of rotatable bonds is 11. The summed E-state index contributed by atoms with van der Waals surface area (Å²) in [5.74, 6) is -1.43. The Morgan fingerprint density at radius 2 is 1.89 bits per heavy atom. The number of nitrogens with zero attached hydrogens (tertiary/aromatic N) is 2. The number of carbonyl (C=O) groups excluding carboxylic acids is 2. The Balaban J connectivity index is 1.77. The number of nitro benzene ring substituents is 1. The molecule has 206 valence electrons. The monoisotopic (exact) mass is 549 g/mol. The second-order valence-corrected chi connectivity index (χ2v) is 10.8. The summed E-state index contributed by atoms with van der Waals surface area (Å²) in [5.41, 5.74) is 0.633. The quantitative estimate of drug-likeness (QED) is 0.253. The van der Waals surface area contributed by atoms with E-state index in [0.29, 0.717) is 16.9 Å². The molecule has 3 rings (SSSR count). The molecule has 0 radical (unpaired) electrons. The fourth-order valence-corrected chi connectivity index (χ4v) is 5.47. The SMILES string of the molecule is CCN(CC)S(=O)(=O)c1cccc(C(=O)N[C@H](C(=O)OCc2cc([N+](=O)[O-])cc3c2OCOC3)C(C)C)c1. The van der Waals surface area contributed by atoms with Crippen molar-refractivity contribution in [3.05, 3.63) is 63.2 Å². The molecule has 12 nitrogen and oxygen atoms in total. The van der Waals surface area contributed by atoms with Crippen molar-refractivity contribution in [2.24, 2.45) is 5.92 Å². The van der Waals surface area contributed by atoms with Crippen molar-refractivity contribution in [2.45, 2.75) is 51.8 Å². The minimum Gasteiger partial charge on any atom is -0.467 e. The van der Waals surface area contributed by atoms with Gasteiger partial charge in [0.05, 0.1) is 16.4 Å². The Bertz CT molecular complexity index is 1310. The lowest BCUT2D eigenvalue weighted by molar-refractivity contribution is -0.385. The van der Waals surface area contributed by atoms with Gasteiger partial charge in [-0.1, -0.05) is 33.8 Å². The minimum absolute atomic E-state index is 0.0306. The molecule has 0 fully saturated rings. The van der Waals surface area contributed by atoms with Gasteiger partial charge in [0.15, 0.2) is 6.79 Å². The van der Waals surface area contributed by atoms with Crippen LogP contribution in [-0.4, -0.2) is 55.4 Å². The Labute approximate surface area is 221 Å². The average molecular weight is 550 g/mol. The molecule has 2 aromatic carbocycles. The van der Waals surface area contributed by atoms with Crippen LogP contribution in [0.25, 0.3) is 0 Å². The molecule has 1 aliphatic rings. The molecular formula is C25H31N3O9S. The highest BCUT2D eigenvalue weighted by atomic mass is 32.2. The molecule has 13 heteroatoms. The highest BCUT2D eigenvalue weighted by molar-refractivity contribution is 7.89. The number of hydrogen-bond donors (Lipinski definition) is 1. The summed E-state index contributed by atoms with van der Waals surface area (Å²) in [6.45, 7) is 7.18. The fourth-order valence-electron chi connectivity index (χ4n) is 3.96. The van der Waals surface area contributed by atoms with Crippen LogP contribution < -0.4 is 10.1 Å². The number of nitrogens with one attached hydrogen (secondary N) is 1. The standard InChI is InChI=1S/C25H31N3O9S/c1-5-27(6-2)38(33,34)21-9-7-8-17(12-21)24(29)26-22(16(3)4)25(30)36-14-19-11-20(28(31)32)10-18-13-35-15-37-23(18)19/h7-12,16,22H,5-6,13-15H2,1-4H3,(H,26,29)/t22-/m0/s1. The van der Waals surface area contributed by atoms with Gasteiger partial charge in [0.1, 0.15) is 18.4 Å². The van der Waals surface area contributed by atoms with Crippen LogP contribution in [0.1, 0.15) is 49.2 Å². The molecule has 1 atom stereocenters. The van der Waals surface area contributed by atoms with E-state index in [2.05, 4.69) is 5.32 Å². The van der Waals surface area contributed by atoms with Crippen LogP contribution >= 0.6 is 0 Å². The largest absolute Gasteiger partial charge is 0.467 e. The van der Waals surface area contributed by atoms with E-state index < -0.39 is 32.9 Å². The van der Waals surface area contributed by atoms with Crippen molar-refractivity contribution in [1.29, 1.82) is 0 Å². The number of carbonyl (C=O) groups is 2. The van der Waals surface area contributed by atoms with Crippen molar-refractivity contribution in [2.75, 3.05) is 19.9 Å². The number of nitro groups is 1. The van der Waals surface area contributed by atoms with E-state index in [4.69, 9.17) is 14.2 Å². The van der Waals surface area contributed by atoms with Gasteiger partial charge in [0, 0.05) is 41.9 Å². The second kappa shape index (κ2) is 12.3. The molecule has 38 heavy (non-hydrogen) atoms. The van der Waals surface area contributed by atoms with E-state index >= 15 is 0 Å². The van der Waals surface area contributed by atoms with Gasteiger partial charge in [-0.2, -0.15) is 4.31 Å². The highest BCUT2D eigenvalue weighted by Crippen LogP contribution is 2.33. The Morgan fingerprint density at radius 3 is 2.53 bits per heavy atom. The van der Waals surface area contributed by atoms with Crippen molar-refractivity contribution in [3.63, 3.8) is 0 Å². The van der Waals surface area contributed by atoms with Crippen LogP contribution in [-0.2, 0) is 37.5 Å². The molecule has 1 heterocycles. The Kier molecular flexibility index (Phi) is 9.41. The molecule has 0 aliphatic carbocycles. The molecule has 1 aliphatic heterocycles. The number of amides is 1. The zero-order valence-corrected chi connectivity index (χ0v) is 22.4. The second-order valence-electron chi connectivity index (χ2n) is 8.88. The molecule has 0 saturated heterocycles. The summed E-state index contributed by atoms with van der Waals surface area (Å²) in [6, 6.07) is 7.13. The van der Waals surface area contributed by atoms with Gasteiger partial charge in [-0.15, -0.1) is 0 Å². The van der Waals surface area contributed by atoms with Crippen molar-refractivity contribution < 1.29 is 37.1 Å². The lowest BCUT2D eigenvalue weighted by Crippen LogP contribution is -2.45. The van der Waals surface area contributed by atoms with Crippen LogP contribution in [0.5, 0.6) is 5.75 Å². The molecule has 1 N–H and O–H groups in total. The van der Waals surface area contributed by atoms with Gasteiger partial charge in [-0.25, -0.2) is 13.2 Å². The highest BCUT2D eigenvalue weighted by Gasteiger charge is 2.29. The summed E-state index contributed by atoms with van der Waals surface area (Å²) in [6.07, 6.45) is 0. The summed E-state index contributed by atoms with van der Waals surface area (Å²) >= 11 is 0. The van der Waals surface area contributed by atoms with E-state index in [9.17, 15) is 28.1 Å². The summed E-state index contributed by atoms with van der Waals surface area (Å²) in [7, 11) is -3.78.